The molecule has 3 aliphatic heterocycles. The summed E-state index contributed by atoms with van der Waals surface area (Å²) >= 11 is 0. The molecular weight excluding hydrogens is 270 g/mol. The first-order valence-electron chi connectivity index (χ1n) is 6.94. The van der Waals surface area contributed by atoms with E-state index >= 15 is 0 Å². The second-order valence-corrected chi connectivity index (χ2v) is 5.00. The van der Waals surface area contributed by atoms with Crippen molar-refractivity contribution in [3.63, 3.8) is 0 Å². The van der Waals surface area contributed by atoms with Crippen molar-refractivity contribution in [3.05, 3.63) is 29.8 Å². The number of fused-ring (bicyclic) bond motifs is 3. The van der Waals surface area contributed by atoms with Gasteiger partial charge in [-0.2, -0.15) is 0 Å². The van der Waals surface area contributed by atoms with Gasteiger partial charge in [0.15, 0.2) is 11.5 Å². The van der Waals surface area contributed by atoms with Gasteiger partial charge in [0.1, 0.15) is 17.7 Å². The summed E-state index contributed by atoms with van der Waals surface area (Å²) in [7, 11) is 0. The summed E-state index contributed by atoms with van der Waals surface area (Å²) in [5, 5.41) is 3.89. The Balaban J connectivity index is 1.92. The molecule has 21 heavy (non-hydrogen) atoms. The van der Waals surface area contributed by atoms with Crippen molar-refractivity contribution in [3.8, 4) is 22.9 Å². The molecule has 0 atom stereocenters. The Hall–Kier alpha value is -2.25. The molecule has 0 bridgehead atoms. The van der Waals surface area contributed by atoms with E-state index in [-0.39, 0.29) is 0 Å². The van der Waals surface area contributed by atoms with Gasteiger partial charge in [-0.3, -0.25) is 0 Å². The van der Waals surface area contributed by atoms with Gasteiger partial charge in [0.25, 0.3) is 0 Å². The molecule has 0 aliphatic carbocycles. The lowest BCUT2D eigenvalue weighted by molar-refractivity contribution is 0.107. The summed E-state index contributed by atoms with van der Waals surface area (Å²) in [6, 6.07) is 1.76. The molecule has 7 nitrogen and oxygen atoms in total. The topological polar surface area (TPSA) is 92.0 Å². The average molecular weight is 285 g/mol. The van der Waals surface area contributed by atoms with Gasteiger partial charge >= 0.3 is 0 Å². The van der Waals surface area contributed by atoms with Crippen LogP contribution in [-0.2, 0) is 24.3 Å². The van der Waals surface area contributed by atoms with Crippen LogP contribution in [0, 0.1) is 0 Å². The van der Waals surface area contributed by atoms with Crippen molar-refractivity contribution < 1.29 is 9.26 Å². The van der Waals surface area contributed by atoms with Crippen LogP contribution in [0.5, 0.6) is 0 Å². The van der Waals surface area contributed by atoms with E-state index in [0.717, 1.165) is 36.5 Å². The molecule has 0 radical (unpaired) electrons. The summed E-state index contributed by atoms with van der Waals surface area (Å²) < 4.78 is 12.6. The molecule has 0 unspecified atom stereocenters. The lowest BCUT2D eigenvalue weighted by Crippen LogP contribution is -2.22. The molecule has 7 heteroatoms. The minimum atomic E-state index is 0.564. The Labute approximate surface area is 121 Å². The molecule has 4 heterocycles. The third-order valence-corrected chi connectivity index (χ3v) is 3.71. The first-order valence-corrected chi connectivity index (χ1v) is 6.94. The predicted molar refractivity (Wildman–Crippen MR) is 74.6 cm³/mol. The number of imidazole rings is 1. The zero-order chi connectivity index (χ0) is 14.2. The zero-order valence-corrected chi connectivity index (χ0v) is 11.5. The maximum Gasteiger partial charge on any atom is 0.183 e. The summed E-state index contributed by atoms with van der Waals surface area (Å²) in [5.41, 5.74) is 10.4. The fourth-order valence-corrected chi connectivity index (χ4v) is 2.77. The van der Waals surface area contributed by atoms with Crippen molar-refractivity contribution in [2.45, 2.75) is 19.6 Å². The molecule has 0 saturated carbocycles. The van der Waals surface area contributed by atoms with Crippen molar-refractivity contribution >= 4 is 0 Å². The molecule has 2 N–H and O–H groups in total. The second-order valence-electron chi connectivity index (χ2n) is 5.00. The number of hydrogen-bond acceptors (Lipinski definition) is 6. The molecule has 3 aliphatic rings. The smallest absolute Gasteiger partial charge is 0.183 e. The first kappa shape index (κ1) is 12.5. The summed E-state index contributed by atoms with van der Waals surface area (Å²) in [6.45, 7) is 2.65. The molecule has 0 aromatic carbocycles. The van der Waals surface area contributed by atoms with E-state index in [4.69, 9.17) is 15.0 Å². The number of hydrogen-bond donors (Lipinski definition) is 1. The van der Waals surface area contributed by atoms with Crippen LogP contribution in [0.25, 0.3) is 22.9 Å². The van der Waals surface area contributed by atoms with Crippen LogP contribution < -0.4 is 5.73 Å². The predicted octanol–water partition coefficient (Wildman–Crippen LogP) is 1.07. The fourth-order valence-electron chi connectivity index (χ4n) is 2.77. The lowest BCUT2D eigenvalue weighted by atomic mass is 10.0. The van der Waals surface area contributed by atoms with Gasteiger partial charge in [-0.05, 0) is 0 Å². The number of aromatic nitrogens is 4. The van der Waals surface area contributed by atoms with Crippen molar-refractivity contribution in [2.75, 3.05) is 13.2 Å². The maximum absolute atomic E-state index is 5.71. The molecule has 108 valence electrons. The van der Waals surface area contributed by atoms with Gasteiger partial charge in [-0.25, -0.2) is 9.97 Å². The minimum absolute atomic E-state index is 0.564. The van der Waals surface area contributed by atoms with Gasteiger partial charge in [-0.15, -0.1) is 0 Å². The number of rotatable bonds is 3. The van der Waals surface area contributed by atoms with Crippen LogP contribution in [0.4, 0.5) is 0 Å². The summed E-state index contributed by atoms with van der Waals surface area (Å²) in [4.78, 5) is 9.17. The van der Waals surface area contributed by atoms with Crippen molar-refractivity contribution in [1.82, 2.24) is 19.7 Å². The Morgan fingerprint density at radius 3 is 3.05 bits per heavy atom. The van der Waals surface area contributed by atoms with Crippen LogP contribution >= 0.6 is 0 Å². The lowest BCUT2D eigenvalue weighted by Gasteiger charge is -2.23. The molecular formula is C14H15N5O2. The van der Waals surface area contributed by atoms with Crippen LogP contribution in [0.3, 0.4) is 0 Å². The Kier molecular flexibility index (Phi) is 2.94. The highest BCUT2D eigenvalue weighted by molar-refractivity contribution is 5.67. The van der Waals surface area contributed by atoms with E-state index < -0.39 is 0 Å². The average Bonchev–Trinajstić information content (AvgIpc) is 3.16. The first-order chi connectivity index (χ1) is 10.4. The Bertz CT molecular complexity index is 734. The third kappa shape index (κ3) is 2.01. The van der Waals surface area contributed by atoms with Gasteiger partial charge in [0.2, 0.25) is 0 Å². The highest BCUT2D eigenvalue weighted by Crippen LogP contribution is 2.32. The van der Waals surface area contributed by atoms with E-state index in [1.54, 1.807) is 6.07 Å². The zero-order valence-electron chi connectivity index (χ0n) is 11.5. The van der Waals surface area contributed by atoms with Gasteiger partial charge in [0, 0.05) is 43.0 Å². The number of pyridine rings is 1. The van der Waals surface area contributed by atoms with Crippen molar-refractivity contribution in [2.24, 2.45) is 5.73 Å². The SMILES string of the molecule is NCCn1cc2nc(-c3ccon3)nc-2c2c1CCOC2. The standard InChI is InChI=1S/C14H15N5O2/c15-3-4-19-7-11-13(9-8-20-5-2-12(9)19)17-14(16-11)10-1-6-21-18-10/h1,6-7H,2-5,8,15H2. The van der Waals surface area contributed by atoms with E-state index in [2.05, 4.69) is 19.7 Å². The molecule has 1 aromatic rings. The van der Waals surface area contributed by atoms with Gasteiger partial charge in [-0.1, -0.05) is 5.16 Å². The fraction of sp³-hybridized carbons (Fsp3) is 0.357. The highest BCUT2D eigenvalue weighted by Gasteiger charge is 2.24. The van der Waals surface area contributed by atoms with E-state index in [1.165, 1.54) is 12.0 Å². The quantitative estimate of drug-likeness (QED) is 0.774. The van der Waals surface area contributed by atoms with E-state index in [1.807, 2.05) is 6.20 Å². The normalized spacial score (nSPS) is 14.5. The van der Waals surface area contributed by atoms with E-state index in [9.17, 15) is 0 Å². The number of ether oxygens (including phenoxy) is 1. The van der Waals surface area contributed by atoms with Crippen LogP contribution in [0.15, 0.2) is 23.0 Å². The molecule has 4 rings (SSSR count). The largest absolute Gasteiger partial charge is 0.376 e. The summed E-state index contributed by atoms with van der Waals surface area (Å²) in [6.07, 6.45) is 4.41. The van der Waals surface area contributed by atoms with Gasteiger partial charge in [0.05, 0.1) is 13.2 Å². The molecule has 0 amide bonds. The van der Waals surface area contributed by atoms with Crippen LogP contribution in [0.1, 0.15) is 11.3 Å². The number of nitrogens with zero attached hydrogens (tertiary/aromatic N) is 4. The monoisotopic (exact) mass is 285 g/mol. The Morgan fingerprint density at radius 2 is 2.24 bits per heavy atom. The Morgan fingerprint density at radius 1 is 1.29 bits per heavy atom. The third-order valence-electron chi connectivity index (χ3n) is 3.71. The minimum Gasteiger partial charge on any atom is -0.376 e. The highest BCUT2D eigenvalue weighted by atomic mass is 16.5. The van der Waals surface area contributed by atoms with Crippen molar-refractivity contribution in [1.29, 1.82) is 0 Å². The van der Waals surface area contributed by atoms with Gasteiger partial charge < -0.3 is 19.6 Å². The molecule has 0 spiro atoms. The van der Waals surface area contributed by atoms with E-state index in [0.29, 0.717) is 24.7 Å². The maximum atomic E-state index is 5.71. The van der Waals surface area contributed by atoms with Crippen LogP contribution in [0.2, 0.25) is 0 Å². The second kappa shape index (κ2) is 4.94. The number of nitrogens with two attached hydrogens (primary N) is 1. The summed E-state index contributed by atoms with van der Waals surface area (Å²) in [5.74, 6) is 0.581. The molecule has 1 aromatic heterocycles. The molecule has 0 saturated heterocycles. The molecule has 0 fully saturated rings. The van der Waals surface area contributed by atoms with Crippen LogP contribution in [-0.4, -0.2) is 32.8 Å².